The molecule has 1 aromatic heterocycles. The molecule has 1 fully saturated rings. The van der Waals surface area contributed by atoms with Crippen LogP contribution in [0.1, 0.15) is 38.5 Å². The minimum absolute atomic E-state index is 0.231. The molecule has 0 saturated carbocycles. The number of rotatable bonds is 8. The second-order valence-corrected chi connectivity index (χ2v) is 7.44. The van der Waals surface area contributed by atoms with Crippen molar-refractivity contribution in [3.63, 3.8) is 0 Å². The Kier molecular flexibility index (Phi) is 7.24. The molecule has 27 heavy (non-hydrogen) atoms. The zero-order chi connectivity index (χ0) is 19.1. The molecule has 0 unspecified atom stereocenters. The SMILES string of the molecule is CCNCC1CCN(C(=O)CCCc2nc(-c3ccc(Cl)cc3)no2)CC1. The zero-order valence-corrected chi connectivity index (χ0v) is 16.5. The number of likely N-dealkylation sites (tertiary alicyclic amines) is 1. The Morgan fingerprint density at radius 2 is 2.04 bits per heavy atom. The van der Waals surface area contributed by atoms with Crippen LogP contribution >= 0.6 is 11.6 Å². The summed E-state index contributed by atoms with van der Waals surface area (Å²) in [5.41, 5.74) is 0.867. The van der Waals surface area contributed by atoms with Gasteiger partial charge in [0.25, 0.3) is 0 Å². The second-order valence-electron chi connectivity index (χ2n) is 7.00. The highest BCUT2D eigenvalue weighted by Crippen LogP contribution is 2.20. The Balaban J connectivity index is 1.40. The number of nitrogens with one attached hydrogen (secondary N) is 1. The molecule has 1 aliphatic rings. The molecule has 1 saturated heterocycles. The molecule has 2 aromatic rings. The van der Waals surface area contributed by atoms with Crippen LogP contribution in [0.4, 0.5) is 0 Å². The van der Waals surface area contributed by atoms with Crippen LogP contribution in [0.5, 0.6) is 0 Å². The predicted molar refractivity (Wildman–Crippen MR) is 106 cm³/mol. The number of carbonyl (C=O) groups is 1. The van der Waals surface area contributed by atoms with Crippen LogP contribution in [0.15, 0.2) is 28.8 Å². The van der Waals surface area contributed by atoms with Gasteiger partial charge in [-0.3, -0.25) is 4.79 Å². The first-order chi connectivity index (χ1) is 13.2. The van der Waals surface area contributed by atoms with E-state index in [1.165, 1.54) is 0 Å². The van der Waals surface area contributed by atoms with Gasteiger partial charge in [-0.05, 0) is 62.5 Å². The van der Waals surface area contributed by atoms with Gasteiger partial charge in [0, 0.05) is 36.5 Å². The van der Waals surface area contributed by atoms with Gasteiger partial charge in [0.05, 0.1) is 0 Å². The van der Waals surface area contributed by atoms with Gasteiger partial charge < -0.3 is 14.7 Å². The smallest absolute Gasteiger partial charge is 0.226 e. The third-order valence-corrected chi connectivity index (χ3v) is 5.25. The number of amides is 1. The second kappa shape index (κ2) is 9.85. The van der Waals surface area contributed by atoms with Crippen LogP contribution in [-0.4, -0.2) is 47.1 Å². The lowest BCUT2D eigenvalue weighted by Gasteiger charge is -2.32. The van der Waals surface area contributed by atoms with E-state index in [1.807, 2.05) is 17.0 Å². The van der Waals surface area contributed by atoms with Crippen LogP contribution in [0.25, 0.3) is 11.4 Å². The summed E-state index contributed by atoms with van der Waals surface area (Å²) < 4.78 is 5.30. The molecule has 0 bridgehead atoms. The Labute approximate surface area is 165 Å². The van der Waals surface area contributed by atoms with Gasteiger partial charge in [0.15, 0.2) is 0 Å². The quantitative estimate of drug-likeness (QED) is 0.746. The monoisotopic (exact) mass is 390 g/mol. The summed E-state index contributed by atoms with van der Waals surface area (Å²) >= 11 is 5.89. The first-order valence-electron chi connectivity index (χ1n) is 9.72. The van der Waals surface area contributed by atoms with Gasteiger partial charge in [-0.2, -0.15) is 4.98 Å². The van der Waals surface area contributed by atoms with Crippen molar-refractivity contribution in [1.82, 2.24) is 20.4 Å². The lowest BCUT2D eigenvalue weighted by Crippen LogP contribution is -2.40. The minimum Gasteiger partial charge on any atom is -0.343 e. The van der Waals surface area contributed by atoms with E-state index in [1.54, 1.807) is 12.1 Å². The Morgan fingerprint density at radius 1 is 1.30 bits per heavy atom. The maximum Gasteiger partial charge on any atom is 0.226 e. The lowest BCUT2D eigenvalue weighted by atomic mass is 9.96. The Hall–Kier alpha value is -1.92. The van der Waals surface area contributed by atoms with E-state index in [0.717, 1.165) is 51.0 Å². The number of aromatic nitrogens is 2. The predicted octanol–water partition coefficient (Wildman–Crippen LogP) is 3.56. The van der Waals surface area contributed by atoms with Gasteiger partial charge in [-0.1, -0.05) is 23.7 Å². The van der Waals surface area contributed by atoms with Gasteiger partial charge >= 0.3 is 0 Å². The number of halogens is 1. The third-order valence-electron chi connectivity index (χ3n) is 5.00. The molecule has 0 spiro atoms. The number of hydrogen-bond donors (Lipinski definition) is 1. The number of carbonyl (C=O) groups excluding carboxylic acids is 1. The van der Waals surface area contributed by atoms with E-state index in [2.05, 4.69) is 22.4 Å². The summed E-state index contributed by atoms with van der Waals surface area (Å²) in [5.74, 6) is 2.04. The average molecular weight is 391 g/mol. The number of nitrogens with zero attached hydrogens (tertiary/aromatic N) is 3. The molecule has 6 nitrogen and oxygen atoms in total. The molecule has 3 rings (SSSR count). The molecule has 1 aliphatic heterocycles. The summed E-state index contributed by atoms with van der Waals surface area (Å²) in [4.78, 5) is 18.8. The first-order valence-corrected chi connectivity index (χ1v) is 10.1. The minimum atomic E-state index is 0.231. The standard InChI is InChI=1S/C20H27ClN4O2/c1-2-22-14-15-10-12-25(13-11-15)19(26)5-3-4-18-23-20(24-27-18)16-6-8-17(21)9-7-16/h6-9,15,22H,2-5,10-14H2,1H3. The van der Waals surface area contributed by atoms with Crippen molar-refractivity contribution < 1.29 is 9.32 Å². The normalized spacial score (nSPS) is 15.3. The highest BCUT2D eigenvalue weighted by atomic mass is 35.5. The zero-order valence-electron chi connectivity index (χ0n) is 15.8. The molecule has 1 aromatic carbocycles. The lowest BCUT2D eigenvalue weighted by molar-refractivity contribution is -0.132. The first kappa shape index (κ1) is 19.8. The van der Waals surface area contributed by atoms with Gasteiger partial charge in [-0.15, -0.1) is 0 Å². The molecule has 0 radical (unpaired) electrons. The van der Waals surface area contributed by atoms with Crippen molar-refractivity contribution in [3.8, 4) is 11.4 Å². The summed E-state index contributed by atoms with van der Waals surface area (Å²) in [6.45, 7) is 5.94. The fourth-order valence-electron chi connectivity index (χ4n) is 3.36. The number of hydrogen-bond acceptors (Lipinski definition) is 5. The summed E-state index contributed by atoms with van der Waals surface area (Å²) in [6.07, 6.45) is 4.04. The average Bonchev–Trinajstić information content (AvgIpc) is 3.16. The largest absolute Gasteiger partial charge is 0.343 e. The van der Waals surface area contributed by atoms with E-state index in [-0.39, 0.29) is 5.91 Å². The number of aryl methyl sites for hydroxylation is 1. The van der Waals surface area contributed by atoms with Crippen molar-refractivity contribution in [1.29, 1.82) is 0 Å². The molecule has 1 amide bonds. The molecular formula is C20H27ClN4O2. The van der Waals surface area contributed by atoms with Crippen molar-refractivity contribution in [2.45, 2.75) is 39.0 Å². The van der Waals surface area contributed by atoms with Crippen LogP contribution < -0.4 is 5.32 Å². The molecule has 146 valence electrons. The Bertz CT molecular complexity index is 724. The highest BCUT2D eigenvalue weighted by molar-refractivity contribution is 6.30. The fourth-order valence-corrected chi connectivity index (χ4v) is 3.48. The molecule has 7 heteroatoms. The highest BCUT2D eigenvalue weighted by Gasteiger charge is 2.22. The van der Waals surface area contributed by atoms with Crippen LogP contribution in [0.3, 0.4) is 0 Å². The van der Waals surface area contributed by atoms with Gasteiger partial charge in [0.2, 0.25) is 17.6 Å². The van der Waals surface area contributed by atoms with E-state index in [9.17, 15) is 4.79 Å². The van der Waals surface area contributed by atoms with E-state index < -0.39 is 0 Å². The molecule has 1 N–H and O–H groups in total. The topological polar surface area (TPSA) is 71.3 Å². The number of benzene rings is 1. The number of piperidine rings is 1. The summed E-state index contributed by atoms with van der Waals surface area (Å²) in [5, 5.41) is 8.08. The van der Waals surface area contributed by atoms with Crippen LogP contribution in [-0.2, 0) is 11.2 Å². The summed E-state index contributed by atoms with van der Waals surface area (Å²) in [6, 6.07) is 7.32. The summed E-state index contributed by atoms with van der Waals surface area (Å²) in [7, 11) is 0. The maximum atomic E-state index is 12.4. The molecule has 2 heterocycles. The van der Waals surface area contributed by atoms with Crippen LogP contribution in [0, 0.1) is 5.92 Å². The van der Waals surface area contributed by atoms with Gasteiger partial charge in [0.1, 0.15) is 0 Å². The van der Waals surface area contributed by atoms with Crippen molar-refractivity contribution >= 4 is 17.5 Å². The van der Waals surface area contributed by atoms with E-state index in [0.29, 0.717) is 35.5 Å². The van der Waals surface area contributed by atoms with Crippen molar-refractivity contribution in [2.75, 3.05) is 26.2 Å². The van der Waals surface area contributed by atoms with E-state index in [4.69, 9.17) is 16.1 Å². The van der Waals surface area contributed by atoms with E-state index >= 15 is 0 Å². The molecule has 0 atom stereocenters. The van der Waals surface area contributed by atoms with Crippen molar-refractivity contribution in [2.24, 2.45) is 5.92 Å². The fraction of sp³-hybridized carbons (Fsp3) is 0.550. The van der Waals surface area contributed by atoms with Crippen molar-refractivity contribution in [3.05, 3.63) is 35.2 Å². The molecular weight excluding hydrogens is 364 g/mol. The third kappa shape index (κ3) is 5.78. The van der Waals surface area contributed by atoms with Gasteiger partial charge in [-0.25, -0.2) is 0 Å². The molecule has 0 aliphatic carbocycles. The van der Waals surface area contributed by atoms with Crippen LogP contribution in [0.2, 0.25) is 5.02 Å². The Morgan fingerprint density at radius 3 is 2.74 bits per heavy atom. The maximum absolute atomic E-state index is 12.4.